The average molecular weight is 292 g/mol. The lowest BCUT2D eigenvalue weighted by Gasteiger charge is -2.29. The molecule has 0 aliphatic rings. The molecule has 1 aromatic rings. The van der Waals surface area contributed by atoms with Crippen LogP contribution in [0.4, 0.5) is 0 Å². The van der Waals surface area contributed by atoms with E-state index in [1.807, 2.05) is 32.9 Å². The Bertz CT molecular complexity index is 486. The molecule has 4 nitrogen and oxygen atoms in total. The van der Waals surface area contributed by atoms with E-state index in [0.717, 1.165) is 17.7 Å². The second kappa shape index (κ2) is 7.46. The summed E-state index contributed by atoms with van der Waals surface area (Å²) in [6.45, 7) is 10.6. The maximum atomic E-state index is 11.6. The number of primary amides is 1. The van der Waals surface area contributed by atoms with Crippen LogP contribution in [0.15, 0.2) is 18.2 Å². The van der Waals surface area contributed by atoms with E-state index in [1.165, 1.54) is 5.56 Å². The molecule has 0 saturated carbocycles. The molecule has 1 amide bonds. The fourth-order valence-electron chi connectivity index (χ4n) is 2.39. The van der Waals surface area contributed by atoms with Gasteiger partial charge in [0, 0.05) is 6.04 Å². The van der Waals surface area contributed by atoms with Crippen LogP contribution < -0.4 is 15.8 Å². The summed E-state index contributed by atoms with van der Waals surface area (Å²) in [7, 11) is 0. The fourth-order valence-corrected chi connectivity index (χ4v) is 2.39. The summed E-state index contributed by atoms with van der Waals surface area (Å²) in [6, 6.07) is 6.24. The van der Waals surface area contributed by atoms with E-state index in [2.05, 4.69) is 25.2 Å². The normalized spacial score (nSPS) is 14.0. The van der Waals surface area contributed by atoms with Crippen LogP contribution in [0.5, 0.6) is 5.75 Å². The molecule has 0 saturated heterocycles. The lowest BCUT2D eigenvalue weighted by atomic mass is 9.94. The van der Waals surface area contributed by atoms with Gasteiger partial charge in [0.25, 0.3) is 0 Å². The summed E-state index contributed by atoms with van der Waals surface area (Å²) >= 11 is 0. The number of benzene rings is 1. The van der Waals surface area contributed by atoms with E-state index in [4.69, 9.17) is 10.5 Å². The molecule has 1 unspecified atom stereocenters. The van der Waals surface area contributed by atoms with Gasteiger partial charge in [0.2, 0.25) is 5.91 Å². The first-order valence-corrected chi connectivity index (χ1v) is 7.53. The third-order valence-electron chi connectivity index (χ3n) is 3.78. The van der Waals surface area contributed by atoms with E-state index < -0.39 is 5.54 Å². The van der Waals surface area contributed by atoms with Gasteiger partial charge in [-0.25, -0.2) is 0 Å². The standard InChI is InChI=1S/C17H28N2O2/c1-12(2)19-17(5,16(18)20)10-7-11-21-15-9-6-8-13(3)14(15)4/h6,8-9,12,19H,7,10-11H2,1-5H3,(H2,18,20). The molecule has 1 atom stereocenters. The number of ether oxygens (including phenoxy) is 1. The number of nitrogens with one attached hydrogen (secondary N) is 1. The second-order valence-corrected chi connectivity index (χ2v) is 6.15. The molecule has 1 rings (SSSR count). The molecule has 0 spiro atoms. The lowest BCUT2D eigenvalue weighted by molar-refractivity contribution is -0.124. The van der Waals surface area contributed by atoms with Crippen LogP contribution in [0.1, 0.15) is 44.7 Å². The Morgan fingerprint density at radius 1 is 1.38 bits per heavy atom. The molecule has 0 radical (unpaired) electrons. The molecular weight excluding hydrogens is 264 g/mol. The predicted molar refractivity (Wildman–Crippen MR) is 86.5 cm³/mol. The van der Waals surface area contributed by atoms with Crippen molar-refractivity contribution in [2.75, 3.05) is 6.61 Å². The van der Waals surface area contributed by atoms with Crippen molar-refractivity contribution in [3.05, 3.63) is 29.3 Å². The van der Waals surface area contributed by atoms with Gasteiger partial charge < -0.3 is 15.8 Å². The maximum absolute atomic E-state index is 11.6. The summed E-state index contributed by atoms with van der Waals surface area (Å²) in [5, 5.41) is 3.24. The monoisotopic (exact) mass is 292 g/mol. The van der Waals surface area contributed by atoms with E-state index >= 15 is 0 Å². The van der Waals surface area contributed by atoms with Crippen LogP contribution in [0.2, 0.25) is 0 Å². The minimum absolute atomic E-state index is 0.211. The first-order chi connectivity index (χ1) is 9.76. The molecule has 0 aliphatic heterocycles. The molecule has 1 aromatic carbocycles. The van der Waals surface area contributed by atoms with Crippen LogP contribution in [-0.2, 0) is 4.79 Å². The molecule has 0 aromatic heterocycles. The molecule has 0 aliphatic carbocycles. The summed E-state index contributed by atoms with van der Waals surface area (Å²) < 4.78 is 5.82. The van der Waals surface area contributed by atoms with E-state index in [9.17, 15) is 4.79 Å². The summed E-state index contributed by atoms with van der Waals surface area (Å²) in [4.78, 5) is 11.6. The molecule has 0 bridgehead atoms. The van der Waals surface area contributed by atoms with E-state index in [1.54, 1.807) is 0 Å². The number of aryl methyl sites for hydroxylation is 1. The first kappa shape index (κ1) is 17.5. The maximum Gasteiger partial charge on any atom is 0.237 e. The van der Waals surface area contributed by atoms with Crippen molar-refractivity contribution in [3.63, 3.8) is 0 Å². The summed E-state index contributed by atoms with van der Waals surface area (Å²) in [5.74, 6) is 0.593. The Balaban J connectivity index is 2.52. The van der Waals surface area contributed by atoms with Gasteiger partial charge in [0.15, 0.2) is 0 Å². The van der Waals surface area contributed by atoms with Crippen molar-refractivity contribution in [2.45, 2.75) is 59.0 Å². The number of rotatable bonds is 8. The molecule has 4 heteroatoms. The molecule has 0 fully saturated rings. The predicted octanol–water partition coefficient (Wildman–Crippen LogP) is 2.70. The number of amides is 1. The van der Waals surface area contributed by atoms with Crippen LogP contribution in [0, 0.1) is 13.8 Å². The van der Waals surface area contributed by atoms with Gasteiger partial charge in [-0.15, -0.1) is 0 Å². The Hall–Kier alpha value is -1.55. The average Bonchev–Trinajstić information content (AvgIpc) is 2.38. The van der Waals surface area contributed by atoms with Crippen molar-refractivity contribution in [1.82, 2.24) is 5.32 Å². The number of hydrogen-bond donors (Lipinski definition) is 2. The van der Waals surface area contributed by atoms with Crippen molar-refractivity contribution in [2.24, 2.45) is 5.73 Å². The number of hydrogen-bond acceptors (Lipinski definition) is 3. The smallest absolute Gasteiger partial charge is 0.237 e. The first-order valence-electron chi connectivity index (χ1n) is 7.53. The van der Waals surface area contributed by atoms with Gasteiger partial charge in [-0.1, -0.05) is 12.1 Å². The molecule has 3 N–H and O–H groups in total. The highest BCUT2D eigenvalue weighted by Crippen LogP contribution is 2.21. The zero-order chi connectivity index (χ0) is 16.0. The highest BCUT2D eigenvalue weighted by Gasteiger charge is 2.30. The quantitative estimate of drug-likeness (QED) is 0.724. The van der Waals surface area contributed by atoms with Crippen molar-refractivity contribution < 1.29 is 9.53 Å². The van der Waals surface area contributed by atoms with Gasteiger partial charge in [0.05, 0.1) is 12.1 Å². The van der Waals surface area contributed by atoms with Gasteiger partial charge in [-0.2, -0.15) is 0 Å². The third-order valence-corrected chi connectivity index (χ3v) is 3.78. The van der Waals surface area contributed by atoms with Gasteiger partial charge in [-0.05, 0) is 64.7 Å². The zero-order valence-corrected chi connectivity index (χ0v) is 13.8. The van der Waals surface area contributed by atoms with Crippen LogP contribution in [-0.4, -0.2) is 24.1 Å². The zero-order valence-electron chi connectivity index (χ0n) is 13.8. The molecule has 118 valence electrons. The Labute approximate surface area is 128 Å². The Morgan fingerprint density at radius 2 is 2.05 bits per heavy atom. The van der Waals surface area contributed by atoms with Gasteiger partial charge in [-0.3, -0.25) is 4.79 Å². The third kappa shape index (κ3) is 5.05. The lowest BCUT2D eigenvalue weighted by Crippen LogP contribution is -2.55. The highest BCUT2D eigenvalue weighted by atomic mass is 16.5. The van der Waals surface area contributed by atoms with Crippen molar-refractivity contribution in [3.8, 4) is 5.75 Å². The topological polar surface area (TPSA) is 64.3 Å². The number of carbonyl (C=O) groups excluding carboxylic acids is 1. The summed E-state index contributed by atoms with van der Waals surface area (Å²) in [6.07, 6.45) is 1.43. The Morgan fingerprint density at radius 3 is 2.62 bits per heavy atom. The molecule has 21 heavy (non-hydrogen) atoms. The van der Waals surface area contributed by atoms with E-state index in [0.29, 0.717) is 13.0 Å². The van der Waals surface area contributed by atoms with Gasteiger partial charge in [0.1, 0.15) is 5.75 Å². The highest BCUT2D eigenvalue weighted by molar-refractivity contribution is 5.84. The number of carbonyl (C=O) groups is 1. The van der Waals surface area contributed by atoms with Crippen LogP contribution in [0.3, 0.4) is 0 Å². The van der Waals surface area contributed by atoms with Crippen LogP contribution >= 0.6 is 0 Å². The van der Waals surface area contributed by atoms with Crippen molar-refractivity contribution in [1.29, 1.82) is 0 Å². The Kier molecular flexibility index (Phi) is 6.21. The summed E-state index contributed by atoms with van der Waals surface area (Å²) in [5.41, 5.74) is 7.21. The van der Waals surface area contributed by atoms with E-state index in [-0.39, 0.29) is 11.9 Å². The fraction of sp³-hybridized carbons (Fsp3) is 0.588. The minimum atomic E-state index is -0.681. The van der Waals surface area contributed by atoms with Crippen molar-refractivity contribution >= 4 is 5.91 Å². The minimum Gasteiger partial charge on any atom is -0.493 e. The SMILES string of the molecule is Cc1cccc(OCCCC(C)(NC(C)C)C(N)=O)c1C. The largest absolute Gasteiger partial charge is 0.493 e. The second-order valence-electron chi connectivity index (χ2n) is 6.15. The van der Waals surface area contributed by atoms with Gasteiger partial charge >= 0.3 is 0 Å². The molecular formula is C17H28N2O2. The van der Waals surface area contributed by atoms with Crippen LogP contribution in [0.25, 0.3) is 0 Å². The number of nitrogens with two attached hydrogens (primary N) is 1. The molecule has 0 heterocycles.